The molecular weight excluding hydrogens is 328 g/mol. The predicted molar refractivity (Wildman–Crippen MR) is 77.8 cm³/mol. The minimum absolute atomic E-state index is 0.0748. The van der Waals surface area contributed by atoms with Crippen molar-refractivity contribution >= 4 is 39.0 Å². The highest BCUT2D eigenvalue weighted by atomic mass is 79.9. The highest BCUT2D eigenvalue weighted by molar-refractivity contribution is 9.10. The first kappa shape index (κ1) is 12.4. The van der Waals surface area contributed by atoms with Crippen LogP contribution in [-0.2, 0) is 0 Å². The van der Waals surface area contributed by atoms with Crippen LogP contribution < -0.4 is 0 Å². The van der Waals surface area contributed by atoms with Crippen LogP contribution in [0.3, 0.4) is 0 Å². The lowest BCUT2D eigenvalue weighted by atomic mass is 10.0. The number of aromatic nitrogens is 2. The van der Waals surface area contributed by atoms with Gasteiger partial charge in [0.15, 0.2) is 5.78 Å². The number of benzene rings is 1. The van der Waals surface area contributed by atoms with Crippen molar-refractivity contribution in [2.45, 2.75) is 0 Å². The summed E-state index contributed by atoms with van der Waals surface area (Å²) >= 11 is 9.24. The van der Waals surface area contributed by atoms with Crippen LogP contribution in [-0.4, -0.2) is 15.2 Å². The molecule has 0 aliphatic carbocycles. The number of imidazole rings is 1. The van der Waals surface area contributed by atoms with Crippen LogP contribution >= 0.6 is 27.5 Å². The van der Waals surface area contributed by atoms with Gasteiger partial charge >= 0.3 is 0 Å². The maximum Gasteiger partial charge on any atom is 0.196 e. The predicted octanol–water partition coefficient (Wildman–Crippen LogP) is 3.98. The number of nitrogens with zero attached hydrogens (tertiary/aromatic N) is 2. The minimum Gasteiger partial charge on any atom is -0.305 e. The standard InChI is InChI=1S/C14H8BrClN2O/c15-10-4-1-3-9(7-10)13(19)11-5-2-6-18-8-12(16)17-14(11)18/h1-8H. The quantitative estimate of drug-likeness (QED) is 0.664. The van der Waals surface area contributed by atoms with Gasteiger partial charge in [-0.2, -0.15) is 0 Å². The molecule has 0 saturated heterocycles. The molecule has 0 unspecified atom stereocenters. The van der Waals surface area contributed by atoms with Crippen LogP contribution in [0, 0.1) is 0 Å². The molecule has 94 valence electrons. The van der Waals surface area contributed by atoms with E-state index in [2.05, 4.69) is 20.9 Å². The molecule has 3 aromatic rings. The maximum absolute atomic E-state index is 12.5. The van der Waals surface area contributed by atoms with Gasteiger partial charge in [0.2, 0.25) is 0 Å². The van der Waals surface area contributed by atoms with E-state index in [1.807, 2.05) is 18.3 Å². The Balaban J connectivity index is 2.16. The summed E-state index contributed by atoms with van der Waals surface area (Å²) < 4.78 is 2.61. The molecule has 3 rings (SSSR count). The van der Waals surface area contributed by atoms with Crippen molar-refractivity contribution in [3.8, 4) is 0 Å². The molecule has 2 heterocycles. The van der Waals surface area contributed by atoms with Crippen molar-refractivity contribution in [2.24, 2.45) is 0 Å². The summed E-state index contributed by atoms with van der Waals surface area (Å²) in [5.74, 6) is -0.0748. The summed E-state index contributed by atoms with van der Waals surface area (Å²) in [6.07, 6.45) is 3.49. The van der Waals surface area contributed by atoms with E-state index in [0.29, 0.717) is 21.9 Å². The van der Waals surface area contributed by atoms with Gasteiger partial charge in [0.05, 0.1) is 5.56 Å². The molecule has 0 aliphatic rings. The third-order valence-electron chi connectivity index (χ3n) is 2.78. The van der Waals surface area contributed by atoms with Crippen molar-refractivity contribution in [3.05, 3.63) is 69.5 Å². The number of ketones is 1. The van der Waals surface area contributed by atoms with Gasteiger partial charge in [-0.1, -0.05) is 39.7 Å². The van der Waals surface area contributed by atoms with Crippen LogP contribution in [0.1, 0.15) is 15.9 Å². The normalized spacial score (nSPS) is 10.8. The first-order valence-corrected chi connectivity index (χ1v) is 6.76. The molecule has 0 atom stereocenters. The maximum atomic E-state index is 12.5. The Labute approximate surface area is 123 Å². The number of carbonyl (C=O) groups is 1. The number of fused-ring (bicyclic) bond motifs is 1. The molecule has 0 saturated carbocycles. The lowest BCUT2D eigenvalue weighted by Crippen LogP contribution is -2.04. The van der Waals surface area contributed by atoms with E-state index in [0.717, 1.165) is 4.47 Å². The van der Waals surface area contributed by atoms with Gasteiger partial charge in [0, 0.05) is 22.4 Å². The molecule has 0 amide bonds. The topological polar surface area (TPSA) is 34.4 Å². The van der Waals surface area contributed by atoms with Crippen molar-refractivity contribution in [1.82, 2.24) is 9.38 Å². The third-order valence-corrected chi connectivity index (χ3v) is 3.46. The Morgan fingerprint density at radius 3 is 2.89 bits per heavy atom. The van der Waals surface area contributed by atoms with Gasteiger partial charge < -0.3 is 4.40 Å². The van der Waals surface area contributed by atoms with Gasteiger partial charge in [0.1, 0.15) is 10.8 Å². The molecule has 0 N–H and O–H groups in total. The Morgan fingerprint density at radius 1 is 1.26 bits per heavy atom. The fourth-order valence-corrected chi connectivity index (χ4v) is 2.53. The summed E-state index contributed by atoms with van der Waals surface area (Å²) in [6, 6.07) is 10.8. The number of hydrogen-bond donors (Lipinski definition) is 0. The summed E-state index contributed by atoms with van der Waals surface area (Å²) in [7, 11) is 0. The average Bonchev–Trinajstić information content (AvgIpc) is 2.77. The summed E-state index contributed by atoms with van der Waals surface area (Å²) in [6.45, 7) is 0. The Kier molecular flexibility index (Phi) is 3.12. The second-order valence-electron chi connectivity index (χ2n) is 4.06. The smallest absolute Gasteiger partial charge is 0.196 e. The van der Waals surface area contributed by atoms with Crippen molar-refractivity contribution in [3.63, 3.8) is 0 Å². The average molecular weight is 336 g/mol. The molecule has 0 spiro atoms. The van der Waals surface area contributed by atoms with Gasteiger partial charge in [-0.25, -0.2) is 4.98 Å². The Hall–Kier alpha value is -1.65. The second-order valence-corrected chi connectivity index (χ2v) is 5.36. The molecule has 0 radical (unpaired) electrons. The Bertz CT molecular complexity index is 782. The molecule has 5 heteroatoms. The monoisotopic (exact) mass is 334 g/mol. The van der Waals surface area contributed by atoms with Crippen molar-refractivity contribution < 1.29 is 4.79 Å². The van der Waals surface area contributed by atoms with Gasteiger partial charge in [0.25, 0.3) is 0 Å². The third kappa shape index (κ3) is 2.29. The van der Waals surface area contributed by atoms with E-state index in [1.165, 1.54) is 0 Å². The number of hydrogen-bond acceptors (Lipinski definition) is 2. The summed E-state index contributed by atoms with van der Waals surface area (Å²) in [5, 5.41) is 0.370. The van der Waals surface area contributed by atoms with Crippen LogP contribution in [0.2, 0.25) is 5.15 Å². The van der Waals surface area contributed by atoms with E-state index in [4.69, 9.17) is 11.6 Å². The lowest BCUT2D eigenvalue weighted by molar-refractivity contribution is 0.103. The van der Waals surface area contributed by atoms with Crippen LogP contribution in [0.4, 0.5) is 0 Å². The molecule has 2 aromatic heterocycles. The minimum atomic E-state index is -0.0748. The zero-order chi connectivity index (χ0) is 13.4. The van der Waals surface area contributed by atoms with E-state index >= 15 is 0 Å². The second kappa shape index (κ2) is 4.79. The van der Waals surface area contributed by atoms with Crippen LogP contribution in [0.5, 0.6) is 0 Å². The van der Waals surface area contributed by atoms with Crippen molar-refractivity contribution in [1.29, 1.82) is 0 Å². The van der Waals surface area contributed by atoms with E-state index in [1.54, 1.807) is 34.9 Å². The highest BCUT2D eigenvalue weighted by Gasteiger charge is 2.14. The molecule has 0 aliphatic heterocycles. The number of carbonyl (C=O) groups excluding carboxylic acids is 1. The highest BCUT2D eigenvalue weighted by Crippen LogP contribution is 2.19. The Morgan fingerprint density at radius 2 is 2.11 bits per heavy atom. The van der Waals surface area contributed by atoms with Crippen LogP contribution in [0.15, 0.2) is 53.3 Å². The number of halogens is 2. The van der Waals surface area contributed by atoms with E-state index < -0.39 is 0 Å². The molecular formula is C14H8BrClN2O. The number of pyridine rings is 1. The molecule has 0 bridgehead atoms. The summed E-state index contributed by atoms with van der Waals surface area (Å²) in [4.78, 5) is 16.7. The van der Waals surface area contributed by atoms with Crippen LogP contribution in [0.25, 0.3) is 5.65 Å². The molecule has 0 fully saturated rings. The first-order chi connectivity index (χ1) is 9.15. The fraction of sp³-hybridized carbons (Fsp3) is 0. The van der Waals surface area contributed by atoms with E-state index in [-0.39, 0.29) is 5.78 Å². The van der Waals surface area contributed by atoms with Gasteiger partial charge in [-0.15, -0.1) is 0 Å². The fourth-order valence-electron chi connectivity index (χ4n) is 1.95. The molecule has 19 heavy (non-hydrogen) atoms. The van der Waals surface area contributed by atoms with Crippen molar-refractivity contribution in [2.75, 3.05) is 0 Å². The summed E-state index contributed by atoms with van der Waals surface area (Å²) in [5.41, 5.74) is 1.71. The number of rotatable bonds is 2. The SMILES string of the molecule is O=C(c1cccc(Br)c1)c1cccn2cc(Cl)nc12. The van der Waals surface area contributed by atoms with Gasteiger partial charge in [-0.3, -0.25) is 4.79 Å². The molecule has 3 nitrogen and oxygen atoms in total. The largest absolute Gasteiger partial charge is 0.305 e. The molecule has 1 aromatic carbocycles. The lowest BCUT2D eigenvalue weighted by Gasteiger charge is -2.03. The zero-order valence-electron chi connectivity index (χ0n) is 9.68. The zero-order valence-corrected chi connectivity index (χ0v) is 12.0. The van der Waals surface area contributed by atoms with Gasteiger partial charge in [-0.05, 0) is 24.3 Å². The van der Waals surface area contributed by atoms with E-state index in [9.17, 15) is 4.79 Å². The first-order valence-electron chi connectivity index (χ1n) is 5.58.